The zero-order valence-electron chi connectivity index (χ0n) is 12.0. The van der Waals surface area contributed by atoms with Crippen molar-refractivity contribution in [3.63, 3.8) is 0 Å². The van der Waals surface area contributed by atoms with Crippen LogP contribution in [-0.2, 0) is 4.79 Å². The van der Waals surface area contributed by atoms with Gasteiger partial charge in [-0.3, -0.25) is 4.79 Å². The third-order valence-corrected chi connectivity index (χ3v) is 4.04. The van der Waals surface area contributed by atoms with Crippen LogP contribution in [0.1, 0.15) is 39.5 Å². The van der Waals surface area contributed by atoms with E-state index in [4.69, 9.17) is 0 Å². The largest absolute Gasteiger partial charge is 0.328 e. The van der Waals surface area contributed by atoms with Gasteiger partial charge < -0.3 is 9.80 Å². The minimum absolute atomic E-state index is 0.101. The summed E-state index contributed by atoms with van der Waals surface area (Å²) in [6, 6.07) is 0.101. The van der Waals surface area contributed by atoms with Crippen molar-refractivity contribution in [3.05, 3.63) is 0 Å². The van der Waals surface area contributed by atoms with Gasteiger partial charge in [0.15, 0.2) is 0 Å². The van der Waals surface area contributed by atoms with Crippen LogP contribution in [0, 0.1) is 5.92 Å². The zero-order chi connectivity index (χ0) is 12.9. The highest BCUT2D eigenvalue weighted by molar-refractivity contribution is 5.83. The number of ketones is 1. The van der Waals surface area contributed by atoms with Crippen molar-refractivity contribution in [3.8, 4) is 0 Å². The third kappa shape index (κ3) is 4.76. The quantitative estimate of drug-likeness (QED) is 0.719. The summed E-state index contributed by atoms with van der Waals surface area (Å²) >= 11 is 0. The number of likely N-dealkylation sites (tertiary alicyclic amines) is 1. The maximum absolute atomic E-state index is 11.8. The van der Waals surface area contributed by atoms with Gasteiger partial charge in [-0.25, -0.2) is 0 Å². The van der Waals surface area contributed by atoms with Gasteiger partial charge in [-0.2, -0.15) is 0 Å². The molecular weight excluding hydrogens is 212 g/mol. The molecule has 3 nitrogen and oxygen atoms in total. The number of carbonyl (C=O) groups excluding carboxylic acids is 1. The summed E-state index contributed by atoms with van der Waals surface area (Å²) in [5.41, 5.74) is 0. The highest BCUT2D eigenvalue weighted by Crippen LogP contribution is 2.24. The number of hydrogen-bond acceptors (Lipinski definition) is 2. The van der Waals surface area contributed by atoms with Gasteiger partial charge >= 0.3 is 0 Å². The van der Waals surface area contributed by atoms with E-state index in [0.29, 0.717) is 12.2 Å². The molecule has 1 unspecified atom stereocenters. The first-order valence-corrected chi connectivity index (χ1v) is 7.06. The average molecular weight is 241 g/mol. The number of likely N-dealkylation sites (N-methyl/N-ethyl adjacent to an activating group) is 1. The van der Waals surface area contributed by atoms with Crippen LogP contribution in [0.25, 0.3) is 0 Å². The molecule has 1 aliphatic rings. The molecular formula is C14H29N2O+. The molecule has 1 aliphatic heterocycles. The monoisotopic (exact) mass is 241 g/mol. The van der Waals surface area contributed by atoms with Crippen molar-refractivity contribution < 1.29 is 9.28 Å². The Kier molecular flexibility index (Phi) is 5.60. The predicted molar refractivity (Wildman–Crippen MR) is 71.9 cm³/mol. The van der Waals surface area contributed by atoms with E-state index in [-0.39, 0.29) is 6.04 Å². The van der Waals surface area contributed by atoms with E-state index in [9.17, 15) is 4.79 Å². The molecule has 1 fully saturated rings. The minimum Gasteiger partial charge on any atom is -0.328 e. The molecule has 17 heavy (non-hydrogen) atoms. The number of carbonyl (C=O) groups is 1. The van der Waals surface area contributed by atoms with E-state index in [2.05, 4.69) is 26.3 Å². The average Bonchev–Trinajstić information content (AvgIpc) is 2.30. The molecule has 0 aromatic heterocycles. The van der Waals surface area contributed by atoms with E-state index in [1.807, 2.05) is 6.92 Å². The van der Waals surface area contributed by atoms with Crippen LogP contribution >= 0.6 is 0 Å². The standard InChI is InChI=1S/C14H29N2O/c1-5-14(17)13(15-6-2)11-12-7-9-16(3,4)10-8-12/h12-13,15H,5-11H2,1-4H3/q+1. The first-order chi connectivity index (χ1) is 7.98. The SMILES string of the molecule is CCNC(CC1CC[N+](C)(C)CC1)C(=O)CC. The highest BCUT2D eigenvalue weighted by Gasteiger charge is 2.29. The first kappa shape index (κ1) is 14.7. The lowest BCUT2D eigenvalue weighted by molar-refractivity contribution is -0.896. The van der Waals surface area contributed by atoms with Gasteiger partial charge in [-0.15, -0.1) is 0 Å². The van der Waals surface area contributed by atoms with Gasteiger partial charge in [0.1, 0.15) is 5.78 Å². The summed E-state index contributed by atoms with van der Waals surface area (Å²) in [6.45, 7) is 7.45. The summed E-state index contributed by atoms with van der Waals surface area (Å²) in [4.78, 5) is 11.8. The number of nitrogens with one attached hydrogen (secondary N) is 1. The van der Waals surface area contributed by atoms with Crippen LogP contribution < -0.4 is 5.32 Å². The Bertz CT molecular complexity index is 241. The Hall–Kier alpha value is -0.410. The van der Waals surface area contributed by atoms with E-state index >= 15 is 0 Å². The van der Waals surface area contributed by atoms with Gasteiger partial charge in [-0.05, 0) is 31.7 Å². The predicted octanol–water partition coefficient (Wildman–Crippen LogP) is 1.82. The zero-order valence-corrected chi connectivity index (χ0v) is 12.0. The van der Waals surface area contributed by atoms with Crippen molar-refractivity contribution in [1.29, 1.82) is 0 Å². The maximum Gasteiger partial charge on any atom is 0.149 e. The van der Waals surface area contributed by atoms with Gasteiger partial charge in [0.2, 0.25) is 0 Å². The molecule has 0 radical (unpaired) electrons. The smallest absolute Gasteiger partial charge is 0.149 e. The van der Waals surface area contributed by atoms with Crippen LogP contribution in [0.4, 0.5) is 0 Å². The van der Waals surface area contributed by atoms with E-state index < -0.39 is 0 Å². The van der Waals surface area contributed by atoms with E-state index in [1.165, 1.54) is 25.9 Å². The molecule has 0 amide bonds. The van der Waals surface area contributed by atoms with Crippen molar-refractivity contribution in [2.75, 3.05) is 33.7 Å². The Labute approximate surface area is 106 Å². The molecule has 1 rings (SSSR count). The molecule has 0 aromatic carbocycles. The molecule has 1 atom stereocenters. The molecule has 100 valence electrons. The van der Waals surface area contributed by atoms with Crippen LogP contribution in [0.5, 0.6) is 0 Å². The molecule has 3 heteroatoms. The lowest BCUT2D eigenvalue weighted by atomic mass is 9.88. The Morgan fingerprint density at radius 3 is 2.35 bits per heavy atom. The number of quaternary nitrogens is 1. The van der Waals surface area contributed by atoms with Gasteiger partial charge in [0, 0.05) is 6.42 Å². The Morgan fingerprint density at radius 1 is 1.29 bits per heavy atom. The summed E-state index contributed by atoms with van der Waals surface area (Å²) in [6.07, 6.45) is 4.24. The van der Waals surface area contributed by atoms with E-state index in [1.54, 1.807) is 0 Å². The molecule has 0 aliphatic carbocycles. The second kappa shape index (κ2) is 6.50. The fourth-order valence-corrected chi connectivity index (χ4v) is 2.71. The normalized spacial score (nSPS) is 22.4. The van der Waals surface area contributed by atoms with Gasteiger partial charge in [-0.1, -0.05) is 13.8 Å². The van der Waals surface area contributed by atoms with Crippen molar-refractivity contribution in [2.45, 2.75) is 45.6 Å². The number of nitrogens with zero attached hydrogens (tertiary/aromatic N) is 1. The van der Waals surface area contributed by atoms with Gasteiger partial charge in [0.25, 0.3) is 0 Å². The van der Waals surface area contributed by atoms with Crippen molar-refractivity contribution in [1.82, 2.24) is 5.32 Å². The van der Waals surface area contributed by atoms with Crippen LogP contribution in [0.3, 0.4) is 0 Å². The van der Waals surface area contributed by atoms with Crippen LogP contribution in [0.15, 0.2) is 0 Å². The summed E-state index contributed by atoms with van der Waals surface area (Å²) in [5.74, 6) is 1.12. The fraction of sp³-hybridized carbons (Fsp3) is 0.929. The number of rotatable bonds is 6. The van der Waals surface area contributed by atoms with Crippen LogP contribution in [-0.4, -0.2) is 50.0 Å². The second-order valence-electron chi connectivity index (χ2n) is 5.99. The minimum atomic E-state index is 0.101. The molecule has 0 bridgehead atoms. The van der Waals surface area contributed by atoms with Gasteiger partial charge in [0.05, 0.1) is 33.2 Å². The summed E-state index contributed by atoms with van der Waals surface area (Å²) < 4.78 is 1.14. The maximum atomic E-state index is 11.8. The number of Topliss-reactive ketones (excluding diaryl/α,β-unsaturated/α-hetero) is 1. The lowest BCUT2D eigenvalue weighted by Crippen LogP contribution is -2.47. The Balaban J connectivity index is 2.43. The number of piperidine rings is 1. The van der Waals surface area contributed by atoms with Crippen LogP contribution in [0.2, 0.25) is 0 Å². The first-order valence-electron chi connectivity index (χ1n) is 7.06. The third-order valence-electron chi connectivity index (χ3n) is 4.04. The highest BCUT2D eigenvalue weighted by atomic mass is 16.1. The topological polar surface area (TPSA) is 29.1 Å². The Morgan fingerprint density at radius 2 is 1.88 bits per heavy atom. The summed E-state index contributed by atoms with van der Waals surface area (Å²) in [7, 11) is 4.60. The molecule has 0 spiro atoms. The summed E-state index contributed by atoms with van der Waals surface area (Å²) in [5, 5.41) is 3.35. The van der Waals surface area contributed by atoms with E-state index in [0.717, 1.165) is 23.4 Å². The second-order valence-corrected chi connectivity index (χ2v) is 5.99. The molecule has 1 N–H and O–H groups in total. The van der Waals surface area contributed by atoms with Crippen molar-refractivity contribution >= 4 is 5.78 Å². The number of hydrogen-bond donors (Lipinski definition) is 1. The van der Waals surface area contributed by atoms with Crippen molar-refractivity contribution in [2.24, 2.45) is 5.92 Å². The molecule has 1 saturated heterocycles. The lowest BCUT2D eigenvalue weighted by Gasteiger charge is -2.38. The fourth-order valence-electron chi connectivity index (χ4n) is 2.71. The molecule has 0 aromatic rings. The molecule has 1 heterocycles. The molecule has 0 saturated carbocycles.